The van der Waals surface area contributed by atoms with Crippen molar-refractivity contribution in [2.24, 2.45) is 5.92 Å². The number of hydrogen-bond acceptors (Lipinski definition) is 6. The van der Waals surface area contributed by atoms with Gasteiger partial charge >= 0.3 is 12.2 Å². The van der Waals surface area contributed by atoms with Gasteiger partial charge in [0.2, 0.25) is 0 Å². The van der Waals surface area contributed by atoms with Crippen molar-refractivity contribution in [2.45, 2.75) is 90.1 Å². The van der Waals surface area contributed by atoms with E-state index in [1.807, 2.05) is 12.1 Å². The first-order valence-electron chi connectivity index (χ1n) is 15.5. The molecule has 8 heteroatoms. The Bertz CT molecular complexity index is 1080. The summed E-state index contributed by atoms with van der Waals surface area (Å²) in [5, 5.41) is 5.86. The molecule has 0 aromatic heterocycles. The van der Waals surface area contributed by atoms with Gasteiger partial charge in [-0.25, -0.2) is 9.59 Å². The molecule has 2 fully saturated rings. The number of amides is 2. The van der Waals surface area contributed by atoms with Crippen LogP contribution in [0.3, 0.4) is 0 Å². The second kappa shape index (κ2) is 14.4. The summed E-state index contributed by atoms with van der Waals surface area (Å²) in [6.45, 7) is 13.9. The van der Waals surface area contributed by atoms with Crippen LogP contribution >= 0.6 is 0 Å². The average molecular weight is 567 g/mol. The molecule has 41 heavy (non-hydrogen) atoms. The van der Waals surface area contributed by atoms with E-state index in [4.69, 9.17) is 9.47 Å². The van der Waals surface area contributed by atoms with Crippen molar-refractivity contribution in [3.63, 3.8) is 0 Å². The number of rotatable bonds is 14. The summed E-state index contributed by atoms with van der Waals surface area (Å²) in [6, 6.07) is 5.00. The molecule has 3 aliphatic rings. The molecule has 6 atom stereocenters. The number of allylic oxidation sites excluding steroid dienone is 3. The molecule has 0 bridgehead atoms. The Labute approximate surface area is 246 Å². The van der Waals surface area contributed by atoms with Crippen molar-refractivity contribution in [2.75, 3.05) is 40.3 Å². The van der Waals surface area contributed by atoms with Crippen LogP contribution < -0.4 is 20.1 Å². The van der Waals surface area contributed by atoms with E-state index in [1.54, 1.807) is 0 Å². The summed E-state index contributed by atoms with van der Waals surface area (Å²) in [6.07, 6.45) is 9.02. The van der Waals surface area contributed by atoms with E-state index in [2.05, 4.69) is 68.0 Å². The Morgan fingerprint density at radius 3 is 1.98 bits per heavy atom. The molecule has 1 aromatic carbocycles. The van der Waals surface area contributed by atoms with Crippen molar-refractivity contribution in [3.8, 4) is 11.5 Å². The van der Waals surface area contributed by atoms with Crippen LogP contribution in [0.1, 0.15) is 82.8 Å². The summed E-state index contributed by atoms with van der Waals surface area (Å²) in [5.74, 6) is 0.960. The van der Waals surface area contributed by atoms with Crippen molar-refractivity contribution in [3.05, 3.63) is 47.1 Å². The molecule has 8 nitrogen and oxygen atoms in total. The maximum absolute atomic E-state index is 13.0. The molecule has 2 saturated heterocycles. The van der Waals surface area contributed by atoms with Gasteiger partial charge in [0.1, 0.15) is 11.5 Å². The third kappa shape index (κ3) is 9.07. The van der Waals surface area contributed by atoms with Gasteiger partial charge in [-0.15, -0.1) is 0 Å². The Kier molecular flexibility index (Phi) is 10.9. The third-order valence-electron chi connectivity index (χ3n) is 8.82. The number of nitrogens with zero attached hydrogens (tertiary/aromatic N) is 2. The molecule has 0 saturated carbocycles. The predicted molar refractivity (Wildman–Crippen MR) is 164 cm³/mol. The van der Waals surface area contributed by atoms with Gasteiger partial charge in [0.15, 0.2) is 0 Å². The summed E-state index contributed by atoms with van der Waals surface area (Å²) >= 11 is 0. The van der Waals surface area contributed by atoms with Gasteiger partial charge < -0.3 is 29.9 Å². The second-order valence-electron chi connectivity index (χ2n) is 12.4. The lowest BCUT2D eigenvalue weighted by molar-refractivity contribution is 0.197. The molecular weight excluding hydrogens is 516 g/mol. The Balaban J connectivity index is 1.63. The zero-order chi connectivity index (χ0) is 29.5. The first-order valence-corrected chi connectivity index (χ1v) is 15.5. The summed E-state index contributed by atoms with van der Waals surface area (Å²) in [4.78, 5) is 30.6. The number of ether oxygens (including phenoxy) is 2. The first-order chi connectivity index (χ1) is 19.7. The maximum Gasteiger partial charge on any atom is 0.412 e. The van der Waals surface area contributed by atoms with Gasteiger partial charge in [-0.2, -0.15) is 0 Å². The van der Waals surface area contributed by atoms with E-state index < -0.39 is 12.2 Å². The molecule has 4 unspecified atom stereocenters. The maximum atomic E-state index is 13.0. The van der Waals surface area contributed by atoms with Crippen molar-refractivity contribution >= 4 is 12.2 Å². The molecule has 2 heterocycles. The number of carbonyl (C=O) groups excluding carboxylic acids is 2. The van der Waals surface area contributed by atoms with Crippen LogP contribution in [-0.4, -0.2) is 74.3 Å². The molecule has 226 valence electrons. The number of aryl methyl sites for hydroxylation is 1. The highest BCUT2D eigenvalue weighted by Gasteiger charge is 2.33. The van der Waals surface area contributed by atoms with E-state index >= 15 is 0 Å². The lowest BCUT2D eigenvalue weighted by Gasteiger charge is -2.32. The molecule has 2 N–H and O–H groups in total. The number of unbranched alkanes of at least 4 members (excludes halogenated alkanes) is 2. The molecule has 0 radical (unpaired) electrons. The Morgan fingerprint density at radius 1 is 0.976 bits per heavy atom. The summed E-state index contributed by atoms with van der Waals surface area (Å²) in [5.41, 5.74) is 4.08. The molecule has 2 amide bonds. The zero-order valence-corrected chi connectivity index (χ0v) is 25.8. The van der Waals surface area contributed by atoms with Crippen molar-refractivity contribution in [1.82, 2.24) is 20.4 Å². The molecule has 1 aliphatic carbocycles. The van der Waals surface area contributed by atoms with Gasteiger partial charge in [0, 0.05) is 49.7 Å². The predicted octanol–water partition coefficient (Wildman–Crippen LogP) is 6.02. The number of nitrogens with one attached hydrogen (secondary N) is 2. The topological polar surface area (TPSA) is 82.7 Å². The number of carbonyl (C=O) groups is 2. The molecule has 2 aliphatic heterocycles. The van der Waals surface area contributed by atoms with Crippen molar-refractivity contribution in [1.29, 1.82) is 0 Å². The molecule has 1 aromatic rings. The standard InChI is InChI=1S/C33H50N4O4/c1-7-8-9-10-24-18-29(40-32(38)34-15-13-25-20-36(25)5)31(28-17-23(4)11-12-27(28)22(2)3)30(19-24)41-33(39)35-16-14-26-21-37(26)6/h17-19,25-28H,2,7-16,20-21H2,1,3-6H3,(H,34,38)(H,35,39)/t25?,26?,27-,28+,36?,37?/m0/s1. The summed E-state index contributed by atoms with van der Waals surface area (Å²) < 4.78 is 12.1. The fourth-order valence-corrected chi connectivity index (χ4v) is 5.93. The van der Waals surface area contributed by atoms with Crippen LogP contribution in [0.5, 0.6) is 11.5 Å². The molecule has 0 spiro atoms. The highest BCUT2D eigenvalue weighted by Crippen LogP contribution is 2.47. The Hall–Kier alpha value is -2.84. The average Bonchev–Trinajstić information content (AvgIpc) is 3.81. The quantitative estimate of drug-likeness (QED) is 0.163. The smallest absolute Gasteiger partial charge is 0.410 e. The third-order valence-corrected chi connectivity index (χ3v) is 8.82. The van der Waals surface area contributed by atoms with Crippen LogP contribution in [0.25, 0.3) is 0 Å². The van der Waals surface area contributed by atoms with E-state index in [0.717, 1.165) is 81.2 Å². The fourth-order valence-electron chi connectivity index (χ4n) is 5.93. The van der Waals surface area contributed by atoms with Gasteiger partial charge in [0.05, 0.1) is 0 Å². The van der Waals surface area contributed by atoms with E-state index in [9.17, 15) is 9.59 Å². The second-order valence-corrected chi connectivity index (χ2v) is 12.4. The Morgan fingerprint density at radius 2 is 1.51 bits per heavy atom. The van der Waals surface area contributed by atoms with Gasteiger partial charge in [-0.1, -0.05) is 43.6 Å². The minimum atomic E-state index is -0.479. The van der Waals surface area contributed by atoms with E-state index in [-0.39, 0.29) is 11.8 Å². The van der Waals surface area contributed by atoms with Crippen LogP contribution in [0, 0.1) is 5.92 Å². The highest BCUT2D eigenvalue weighted by atomic mass is 16.6. The van der Waals surface area contributed by atoms with Crippen molar-refractivity contribution < 1.29 is 19.1 Å². The van der Waals surface area contributed by atoms with Gasteiger partial charge in [0.25, 0.3) is 0 Å². The highest BCUT2D eigenvalue weighted by molar-refractivity contribution is 5.74. The SMILES string of the molecule is C=C(C)[C@@H]1CCC(C)=C[C@H]1c1c(OC(=O)NCCC2CN2C)cc(CCCCC)cc1OC(=O)NCCC1CN1C. The molecular formula is C33H50N4O4. The lowest BCUT2D eigenvalue weighted by atomic mass is 9.73. The fraction of sp³-hybridized carbons (Fsp3) is 0.636. The van der Waals surface area contributed by atoms with Crippen LogP contribution in [0.15, 0.2) is 35.9 Å². The van der Waals surface area contributed by atoms with Crippen LogP contribution in [0.2, 0.25) is 0 Å². The number of likely N-dealkylation sites (N-methyl/N-ethyl adjacent to an activating group) is 2. The summed E-state index contributed by atoms with van der Waals surface area (Å²) in [7, 11) is 4.16. The first kappa shape index (κ1) is 31.1. The van der Waals surface area contributed by atoms with E-state index in [0.29, 0.717) is 36.7 Å². The minimum absolute atomic E-state index is 0.114. The van der Waals surface area contributed by atoms with Gasteiger partial charge in [-0.05, 0) is 90.1 Å². The van der Waals surface area contributed by atoms with E-state index in [1.165, 1.54) is 5.57 Å². The monoisotopic (exact) mass is 566 g/mol. The molecule has 4 rings (SSSR count). The zero-order valence-electron chi connectivity index (χ0n) is 25.8. The lowest BCUT2D eigenvalue weighted by Crippen LogP contribution is -2.31. The largest absolute Gasteiger partial charge is 0.412 e. The number of hydrogen-bond donors (Lipinski definition) is 2. The normalized spacial score (nSPS) is 26.5. The van der Waals surface area contributed by atoms with Gasteiger partial charge in [-0.3, -0.25) is 0 Å². The van der Waals surface area contributed by atoms with Crippen LogP contribution in [0.4, 0.5) is 9.59 Å². The van der Waals surface area contributed by atoms with Crippen LogP contribution in [-0.2, 0) is 6.42 Å². The number of benzene rings is 1. The minimum Gasteiger partial charge on any atom is -0.410 e.